The van der Waals surface area contributed by atoms with E-state index in [1.165, 1.54) is 4.90 Å². The van der Waals surface area contributed by atoms with Crippen LogP contribution >= 0.6 is 0 Å². The number of hydrogen-bond donors (Lipinski definition) is 5. The second-order valence-electron chi connectivity index (χ2n) is 9.26. The molecule has 0 bridgehead atoms. The van der Waals surface area contributed by atoms with Gasteiger partial charge in [-0.25, -0.2) is 4.79 Å². The van der Waals surface area contributed by atoms with Crippen molar-refractivity contribution < 1.29 is 29.1 Å². The van der Waals surface area contributed by atoms with Gasteiger partial charge in [0.05, 0.1) is 6.04 Å². The number of aliphatic carboxylic acids is 1. The topological polar surface area (TPSA) is 185 Å². The van der Waals surface area contributed by atoms with Gasteiger partial charge in [-0.15, -0.1) is 0 Å². The first kappa shape index (κ1) is 28.8. The van der Waals surface area contributed by atoms with E-state index in [1.807, 2.05) is 19.9 Å². The fourth-order valence-electron chi connectivity index (χ4n) is 4.14. The minimum absolute atomic E-state index is 0.0493. The number of hydrogen-bond acceptors (Lipinski definition) is 6. The molecular weight excluding hydrogens is 466 g/mol. The summed E-state index contributed by atoms with van der Waals surface area (Å²) < 4.78 is 0. The summed E-state index contributed by atoms with van der Waals surface area (Å²) in [5.41, 5.74) is 12.0. The van der Waals surface area contributed by atoms with Crippen LogP contribution in [-0.4, -0.2) is 70.3 Å². The zero-order chi connectivity index (χ0) is 26.8. The lowest BCUT2D eigenvalue weighted by atomic mass is 9.98. The Balaban J connectivity index is 2.19. The van der Waals surface area contributed by atoms with Crippen LogP contribution < -0.4 is 22.1 Å². The van der Waals surface area contributed by atoms with Gasteiger partial charge < -0.3 is 32.1 Å². The van der Waals surface area contributed by atoms with Gasteiger partial charge in [-0.05, 0) is 30.7 Å². The third-order valence-electron chi connectivity index (χ3n) is 6.59. The molecule has 1 saturated heterocycles. The minimum atomic E-state index is -1.35. The van der Waals surface area contributed by atoms with Crippen LogP contribution in [0.3, 0.4) is 0 Å². The van der Waals surface area contributed by atoms with Crippen molar-refractivity contribution in [3.63, 3.8) is 0 Å². The fourth-order valence-corrected chi connectivity index (χ4v) is 4.14. The number of nitrogens with one attached hydrogen (secondary N) is 2. The number of amides is 4. The van der Waals surface area contributed by atoms with Crippen molar-refractivity contribution in [2.24, 2.45) is 17.4 Å². The van der Waals surface area contributed by atoms with E-state index in [4.69, 9.17) is 11.5 Å². The quantitative estimate of drug-likeness (QED) is 0.249. The predicted octanol–water partition coefficient (Wildman–Crippen LogP) is -0.0868. The van der Waals surface area contributed by atoms with Crippen molar-refractivity contribution in [2.75, 3.05) is 6.54 Å². The highest BCUT2D eigenvalue weighted by molar-refractivity contribution is 5.94. The third-order valence-corrected chi connectivity index (χ3v) is 6.59. The van der Waals surface area contributed by atoms with E-state index >= 15 is 0 Å². The van der Waals surface area contributed by atoms with Crippen LogP contribution in [0.4, 0.5) is 0 Å². The average Bonchev–Trinajstić information content (AvgIpc) is 3.35. The second kappa shape index (κ2) is 13.6. The molecule has 1 aliphatic rings. The normalized spacial score (nSPS) is 18.5. The number of rotatable bonds is 13. The van der Waals surface area contributed by atoms with Gasteiger partial charge in [0.1, 0.15) is 18.1 Å². The first-order chi connectivity index (χ1) is 17.0. The molecule has 0 aliphatic carbocycles. The van der Waals surface area contributed by atoms with Crippen molar-refractivity contribution in [3.8, 4) is 0 Å². The Morgan fingerprint density at radius 3 is 2.36 bits per heavy atom. The maximum atomic E-state index is 13.3. The van der Waals surface area contributed by atoms with Crippen LogP contribution in [0, 0.1) is 5.92 Å². The van der Waals surface area contributed by atoms with E-state index in [0.29, 0.717) is 19.4 Å². The van der Waals surface area contributed by atoms with Crippen LogP contribution in [0.2, 0.25) is 0 Å². The number of primary amides is 1. The molecule has 1 fully saturated rings. The summed E-state index contributed by atoms with van der Waals surface area (Å²) in [7, 11) is 0. The number of benzene rings is 1. The molecule has 2 rings (SSSR count). The van der Waals surface area contributed by atoms with Crippen LogP contribution in [0.25, 0.3) is 0 Å². The van der Waals surface area contributed by atoms with Crippen molar-refractivity contribution in [2.45, 2.75) is 76.5 Å². The van der Waals surface area contributed by atoms with Gasteiger partial charge in [0.25, 0.3) is 0 Å². The molecule has 5 unspecified atom stereocenters. The van der Waals surface area contributed by atoms with Gasteiger partial charge in [0.15, 0.2) is 0 Å². The number of carbonyl (C=O) groups excluding carboxylic acids is 4. The molecule has 1 aromatic rings. The van der Waals surface area contributed by atoms with E-state index in [0.717, 1.165) is 12.0 Å². The molecule has 198 valence electrons. The van der Waals surface area contributed by atoms with Gasteiger partial charge >= 0.3 is 5.97 Å². The monoisotopic (exact) mass is 503 g/mol. The maximum Gasteiger partial charge on any atom is 0.326 e. The standard InChI is InChI=1S/C25H37N5O6/c1-3-15(2)21(27)24(34)30-13-7-10-19(30)23(33)29-18(14-16-8-5-4-6-9-16)22(32)28-17(25(35)36)11-12-20(26)31/h4-6,8-9,15,17-19,21H,3,7,10-14,27H2,1-2H3,(H2,26,31)(H,28,32)(H,29,33)(H,35,36). The number of carboxylic acid groups (broad SMARTS) is 1. The lowest BCUT2D eigenvalue weighted by Crippen LogP contribution is -2.57. The maximum absolute atomic E-state index is 13.3. The van der Waals surface area contributed by atoms with Gasteiger partial charge in [-0.2, -0.15) is 0 Å². The predicted molar refractivity (Wildman–Crippen MR) is 132 cm³/mol. The summed E-state index contributed by atoms with van der Waals surface area (Å²) in [6, 6.07) is 4.99. The van der Waals surface area contributed by atoms with Gasteiger partial charge in [-0.3, -0.25) is 19.2 Å². The largest absolute Gasteiger partial charge is 0.480 e. The third kappa shape index (κ3) is 8.04. The van der Waals surface area contributed by atoms with E-state index in [1.54, 1.807) is 24.3 Å². The lowest BCUT2D eigenvalue weighted by Gasteiger charge is -2.30. The van der Waals surface area contributed by atoms with Crippen LogP contribution in [-0.2, 0) is 30.4 Å². The molecule has 0 radical (unpaired) electrons. The summed E-state index contributed by atoms with van der Waals surface area (Å²) in [4.78, 5) is 63.5. The summed E-state index contributed by atoms with van der Waals surface area (Å²) in [5.74, 6) is -3.57. The Hall–Kier alpha value is -3.47. The summed E-state index contributed by atoms with van der Waals surface area (Å²) in [6.07, 6.45) is 1.48. The molecule has 7 N–H and O–H groups in total. The SMILES string of the molecule is CCC(C)C(N)C(=O)N1CCCC1C(=O)NC(Cc1ccccc1)C(=O)NC(CCC(N)=O)C(=O)O. The number of nitrogens with zero attached hydrogens (tertiary/aromatic N) is 1. The Kier molecular flexibility index (Phi) is 10.8. The summed E-state index contributed by atoms with van der Waals surface area (Å²) in [6.45, 7) is 4.21. The number of carboxylic acids is 1. The molecule has 11 heteroatoms. The Morgan fingerprint density at radius 2 is 1.78 bits per heavy atom. The molecule has 1 aromatic carbocycles. The molecule has 0 saturated carbocycles. The van der Waals surface area contributed by atoms with Crippen LogP contribution in [0.1, 0.15) is 51.5 Å². The molecule has 0 aromatic heterocycles. The molecule has 1 heterocycles. The number of carbonyl (C=O) groups is 5. The van der Waals surface area contributed by atoms with Crippen LogP contribution in [0.15, 0.2) is 30.3 Å². The molecule has 5 atom stereocenters. The Morgan fingerprint density at radius 1 is 1.11 bits per heavy atom. The highest BCUT2D eigenvalue weighted by Gasteiger charge is 2.38. The van der Waals surface area contributed by atoms with Crippen molar-refractivity contribution in [1.29, 1.82) is 0 Å². The highest BCUT2D eigenvalue weighted by Crippen LogP contribution is 2.21. The first-order valence-electron chi connectivity index (χ1n) is 12.3. The molecule has 36 heavy (non-hydrogen) atoms. The zero-order valence-electron chi connectivity index (χ0n) is 20.8. The van der Waals surface area contributed by atoms with E-state index in [-0.39, 0.29) is 31.1 Å². The molecule has 11 nitrogen and oxygen atoms in total. The molecule has 1 aliphatic heterocycles. The van der Waals surface area contributed by atoms with Crippen molar-refractivity contribution in [1.82, 2.24) is 15.5 Å². The average molecular weight is 504 g/mol. The van der Waals surface area contributed by atoms with E-state index in [9.17, 15) is 29.1 Å². The zero-order valence-corrected chi connectivity index (χ0v) is 20.8. The number of likely N-dealkylation sites (tertiary alicyclic amines) is 1. The second-order valence-corrected chi connectivity index (χ2v) is 9.26. The van der Waals surface area contributed by atoms with Crippen LogP contribution in [0.5, 0.6) is 0 Å². The first-order valence-corrected chi connectivity index (χ1v) is 12.3. The summed E-state index contributed by atoms with van der Waals surface area (Å²) >= 11 is 0. The lowest BCUT2D eigenvalue weighted by molar-refractivity contribution is -0.143. The Bertz CT molecular complexity index is 940. The minimum Gasteiger partial charge on any atom is -0.480 e. The fraction of sp³-hybridized carbons (Fsp3) is 0.560. The van der Waals surface area contributed by atoms with E-state index in [2.05, 4.69) is 10.6 Å². The van der Waals surface area contributed by atoms with Crippen molar-refractivity contribution >= 4 is 29.6 Å². The molecular formula is C25H37N5O6. The molecule has 4 amide bonds. The highest BCUT2D eigenvalue weighted by atomic mass is 16.4. The molecule has 0 spiro atoms. The van der Waals surface area contributed by atoms with E-state index < -0.39 is 47.9 Å². The number of nitrogens with two attached hydrogens (primary N) is 2. The van der Waals surface area contributed by atoms with Gasteiger partial charge in [0, 0.05) is 19.4 Å². The smallest absolute Gasteiger partial charge is 0.326 e. The Labute approximate surface area is 211 Å². The summed E-state index contributed by atoms with van der Waals surface area (Å²) in [5, 5.41) is 14.6. The van der Waals surface area contributed by atoms with Gasteiger partial charge in [0.2, 0.25) is 23.6 Å². The van der Waals surface area contributed by atoms with Crippen molar-refractivity contribution in [3.05, 3.63) is 35.9 Å². The van der Waals surface area contributed by atoms with Gasteiger partial charge in [-0.1, -0.05) is 50.6 Å².